The summed E-state index contributed by atoms with van der Waals surface area (Å²) < 4.78 is 16.9. The third kappa shape index (κ3) is 3.22. The molecule has 2 aromatic rings. The number of furan rings is 1. The highest BCUT2D eigenvalue weighted by Crippen LogP contribution is 2.30. The summed E-state index contributed by atoms with van der Waals surface area (Å²) in [6, 6.07) is 8.22. The van der Waals surface area contributed by atoms with E-state index in [1.54, 1.807) is 7.11 Å². The van der Waals surface area contributed by atoms with Crippen LogP contribution < -0.4 is 10.1 Å². The molecular formula is C17H23NO3. The van der Waals surface area contributed by atoms with Crippen LogP contribution in [0.15, 0.2) is 28.7 Å². The Labute approximate surface area is 125 Å². The van der Waals surface area contributed by atoms with Crippen molar-refractivity contribution < 1.29 is 13.9 Å². The van der Waals surface area contributed by atoms with Crippen LogP contribution >= 0.6 is 0 Å². The number of hydrogen-bond donors (Lipinski definition) is 1. The Morgan fingerprint density at radius 3 is 3.10 bits per heavy atom. The second-order valence-electron chi connectivity index (χ2n) is 5.63. The van der Waals surface area contributed by atoms with E-state index in [9.17, 15) is 0 Å². The highest BCUT2D eigenvalue weighted by atomic mass is 16.5. The molecule has 114 valence electrons. The molecule has 21 heavy (non-hydrogen) atoms. The quantitative estimate of drug-likeness (QED) is 0.881. The van der Waals surface area contributed by atoms with E-state index in [-0.39, 0.29) is 6.04 Å². The van der Waals surface area contributed by atoms with Gasteiger partial charge in [0.2, 0.25) is 0 Å². The first-order valence-corrected chi connectivity index (χ1v) is 7.69. The van der Waals surface area contributed by atoms with Crippen molar-refractivity contribution in [2.24, 2.45) is 0 Å². The lowest BCUT2D eigenvalue weighted by Gasteiger charge is -2.13. The molecule has 2 atom stereocenters. The van der Waals surface area contributed by atoms with E-state index in [1.165, 1.54) is 12.8 Å². The summed E-state index contributed by atoms with van der Waals surface area (Å²) in [6.45, 7) is 3.99. The molecule has 0 radical (unpaired) electrons. The van der Waals surface area contributed by atoms with Crippen LogP contribution in [0, 0.1) is 0 Å². The van der Waals surface area contributed by atoms with Gasteiger partial charge >= 0.3 is 0 Å². The van der Waals surface area contributed by atoms with E-state index in [0.717, 1.165) is 42.1 Å². The van der Waals surface area contributed by atoms with E-state index >= 15 is 0 Å². The van der Waals surface area contributed by atoms with Crippen molar-refractivity contribution in [2.45, 2.75) is 38.3 Å². The number of rotatable bonds is 6. The number of methoxy groups -OCH3 is 1. The minimum atomic E-state index is 0.184. The minimum absolute atomic E-state index is 0.184. The van der Waals surface area contributed by atoms with Gasteiger partial charge in [0.15, 0.2) is 11.3 Å². The second kappa shape index (κ2) is 6.50. The van der Waals surface area contributed by atoms with Crippen molar-refractivity contribution in [1.82, 2.24) is 5.32 Å². The summed E-state index contributed by atoms with van der Waals surface area (Å²) in [5.74, 6) is 1.73. The van der Waals surface area contributed by atoms with Crippen LogP contribution in [-0.2, 0) is 4.74 Å². The van der Waals surface area contributed by atoms with Gasteiger partial charge in [-0.2, -0.15) is 0 Å². The highest BCUT2D eigenvalue weighted by molar-refractivity contribution is 5.83. The van der Waals surface area contributed by atoms with Crippen LogP contribution in [0.1, 0.15) is 38.0 Å². The molecular weight excluding hydrogens is 266 g/mol. The lowest BCUT2D eigenvalue weighted by Crippen LogP contribution is -2.23. The van der Waals surface area contributed by atoms with Gasteiger partial charge in [0.25, 0.3) is 0 Å². The fraction of sp³-hybridized carbons (Fsp3) is 0.529. The molecule has 1 fully saturated rings. The molecule has 4 heteroatoms. The first kappa shape index (κ1) is 14.4. The van der Waals surface area contributed by atoms with E-state index in [2.05, 4.69) is 18.3 Å². The number of nitrogens with one attached hydrogen (secondary N) is 1. The average molecular weight is 289 g/mol. The molecule has 1 aromatic carbocycles. The summed E-state index contributed by atoms with van der Waals surface area (Å²) in [6.07, 6.45) is 3.88. The first-order chi connectivity index (χ1) is 10.3. The van der Waals surface area contributed by atoms with Crippen LogP contribution in [0.4, 0.5) is 0 Å². The van der Waals surface area contributed by atoms with E-state index in [1.807, 2.05) is 18.2 Å². The van der Waals surface area contributed by atoms with Gasteiger partial charge in [0, 0.05) is 12.0 Å². The smallest absolute Gasteiger partial charge is 0.176 e. The third-order valence-electron chi connectivity index (χ3n) is 4.11. The maximum absolute atomic E-state index is 5.96. The Morgan fingerprint density at radius 1 is 1.43 bits per heavy atom. The van der Waals surface area contributed by atoms with Gasteiger partial charge in [-0.05, 0) is 44.9 Å². The van der Waals surface area contributed by atoms with Crippen molar-refractivity contribution >= 4 is 11.0 Å². The molecule has 0 spiro atoms. The van der Waals surface area contributed by atoms with Gasteiger partial charge in [0.1, 0.15) is 5.76 Å². The number of para-hydroxylation sites is 1. The number of hydrogen-bond acceptors (Lipinski definition) is 4. The standard InChI is InChI=1S/C17H23NO3/c1-12(18-9-8-14-6-4-10-20-14)16-11-13-5-3-7-15(19-2)17(13)21-16/h3,5,7,11-12,14,18H,4,6,8-10H2,1-2H3. The first-order valence-electron chi connectivity index (χ1n) is 7.69. The fourth-order valence-electron chi connectivity index (χ4n) is 2.86. The summed E-state index contributed by atoms with van der Waals surface area (Å²) in [7, 11) is 1.67. The Bertz CT molecular complexity index is 587. The van der Waals surface area contributed by atoms with E-state index in [4.69, 9.17) is 13.9 Å². The Hall–Kier alpha value is -1.52. The zero-order valence-electron chi connectivity index (χ0n) is 12.7. The van der Waals surface area contributed by atoms with Crippen molar-refractivity contribution in [2.75, 3.05) is 20.3 Å². The van der Waals surface area contributed by atoms with Gasteiger partial charge in [-0.3, -0.25) is 0 Å². The molecule has 1 saturated heterocycles. The molecule has 1 aliphatic rings. The lowest BCUT2D eigenvalue weighted by atomic mass is 10.1. The Morgan fingerprint density at radius 2 is 2.33 bits per heavy atom. The molecule has 1 N–H and O–H groups in total. The van der Waals surface area contributed by atoms with Crippen molar-refractivity contribution in [3.05, 3.63) is 30.0 Å². The number of benzene rings is 1. The summed E-state index contributed by atoms with van der Waals surface area (Å²) in [4.78, 5) is 0. The largest absolute Gasteiger partial charge is 0.493 e. The third-order valence-corrected chi connectivity index (χ3v) is 4.11. The predicted molar refractivity (Wildman–Crippen MR) is 82.8 cm³/mol. The molecule has 2 unspecified atom stereocenters. The van der Waals surface area contributed by atoms with Gasteiger partial charge < -0.3 is 19.2 Å². The summed E-state index contributed by atoms with van der Waals surface area (Å²) in [5.41, 5.74) is 0.822. The highest BCUT2D eigenvalue weighted by Gasteiger charge is 2.17. The van der Waals surface area contributed by atoms with Gasteiger partial charge in [-0.15, -0.1) is 0 Å². The maximum Gasteiger partial charge on any atom is 0.176 e. The molecule has 3 rings (SSSR count). The van der Waals surface area contributed by atoms with Gasteiger partial charge in [-0.1, -0.05) is 12.1 Å². The Kier molecular flexibility index (Phi) is 4.46. The molecule has 0 saturated carbocycles. The molecule has 2 heterocycles. The summed E-state index contributed by atoms with van der Waals surface area (Å²) >= 11 is 0. The van der Waals surface area contributed by atoms with Crippen molar-refractivity contribution in [3.63, 3.8) is 0 Å². The predicted octanol–water partition coefficient (Wildman–Crippen LogP) is 3.66. The van der Waals surface area contributed by atoms with Crippen LogP contribution in [0.3, 0.4) is 0 Å². The topological polar surface area (TPSA) is 43.6 Å². The molecule has 0 amide bonds. The SMILES string of the molecule is COc1cccc2cc(C(C)NCCC3CCCO3)oc12. The van der Waals surface area contributed by atoms with Gasteiger partial charge in [0.05, 0.1) is 19.3 Å². The lowest BCUT2D eigenvalue weighted by molar-refractivity contribution is 0.103. The number of fused-ring (bicyclic) bond motifs is 1. The minimum Gasteiger partial charge on any atom is -0.493 e. The zero-order valence-corrected chi connectivity index (χ0v) is 12.7. The molecule has 4 nitrogen and oxygen atoms in total. The second-order valence-corrected chi connectivity index (χ2v) is 5.63. The van der Waals surface area contributed by atoms with E-state index in [0.29, 0.717) is 6.10 Å². The molecule has 1 aromatic heterocycles. The average Bonchev–Trinajstić information content (AvgIpc) is 3.15. The van der Waals surface area contributed by atoms with Crippen LogP contribution in [0.25, 0.3) is 11.0 Å². The Balaban J connectivity index is 1.62. The monoisotopic (exact) mass is 289 g/mol. The van der Waals surface area contributed by atoms with Crippen molar-refractivity contribution in [1.29, 1.82) is 0 Å². The molecule has 0 aliphatic carbocycles. The van der Waals surface area contributed by atoms with Crippen LogP contribution in [0.2, 0.25) is 0 Å². The number of ether oxygens (including phenoxy) is 2. The van der Waals surface area contributed by atoms with Crippen LogP contribution in [0.5, 0.6) is 5.75 Å². The normalized spacial score (nSPS) is 20.0. The zero-order chi connectivity index (χ0) is 14.7. The van der Waals surface area contributed by atoms with E-state index < -0.39 is 0 Å². The van der Waals surface area contributed by atoms with Crippen LogP contribution in [-0.4, -0.2) is 26.4 Å². The fourth-order valence-corrected chi connectivity index (χ4v) is 2.86. The van der Waals surface area contributed by atoms with Gasteiger partial charge in [-0.25, -0.2) is 0 Å². The van der Waals surface area contributed by atoms with Crippen molar-refractivity contribution in [3.8, 4) is 5.75 Å². The molecule has 1 aliphatic heterocycles. The maximum atomic E-state index is 5.96. The molecule has 0 bridgehead atoms. The summed E-state index contributed by atoms with van der Waals surface area (Å²) in [5, 5.41) is 4.59.